The van der Waals surface area contributed by atoms with Crippen LogP contribution in [0, 0.1) is 17.2 Å². The highest BCUT2D eigenvalue weighted by Gasteiger charge is 2.42. The van der Waals surface area contributed by atoms with Crippen LogP contribution in [0.25, 0.3) is 0 Å². The molecule has 0 aromatic carbocycles. The zero-order valence-corrected chi connectivity index (χ0v) is 13.9. The summed E-state index contributed by atoms with van der Waals surface area (Å²) in [5.74, 6) is 0.537. The van der Waals surface area contributed by atoms with E-state index in [0.717, 1.165) is 25.9 Å². The standard InChI is InChI=1S/C17H32N4/c1-3-9-19-17(15-18)8-4-6-16(17)7-12-21-11-5-10-20(2)13-14-21/h16,19H,3-14H2,1-2H3. The van der Waals surface area contributed by atoms with Gasteiger partial charge in [-0.15, -0.1) is 0 Å². The van der Waals surface area contributed by atoms with Crippen molar-refractivity contribution < 1.29 is 0 Å². The molecule has 1 heterocycles. The van der Waals surface area contributed by atoms with Crippen LogP contribution in [0.1, 0.15) is 45.4 Å². The largest absolute Gasteiger partial charge is 0.305 e. The molecule has 0 amide bonds. The number of nitriles is 1. The normalized spacial score (nSPS) is 32.0. The summed E-state index contributed by atoms with van der Waals surface area (Å²) in [6.45, 7) is 9.12. The third kappa shape index (κ3) is 4.42. The predicted octanol–water partition coefficient (Wildman–Crippen LogP) is 2.08. The Hall–Kier alpha value is -0.630. The maximum atomic E-state index is 9.70. The fraction of sp³-hybridized carbons (Fsp3) is 0.941. The van der Waals surface area contributed by atoms with Gasteiger partial charge in [-0.2, -0.15) is 5.26 Å². The molecule has 2 rings (SSSR count). The average Bonchev–Trinajstić information content (AvgIpc) is 2.79. The number of nitrogens with zero attached hydrogens (tertiary/aromatic N) is 3. The molecule has 21 heavy (non-hydrogen) atoms. The van der Waals surface area contributed by atoms with Crippen molar-refractivity contribution >= 4 is 0 Å². The molecule has 2 fully saturated rings. The lowest BCUT2D eigenvalue weighted by molar-refractivity contribution is 0.226. The van der Waals surface area contributed by atoms with Gasteiger partial charge in [0.15, 0.2) is 0 Å². The van der Waals surface area contributed by atoms with Gasteiger partial charge in [0.05, 0.1) is 6.07 Å². The molecule has 4 heteroatoms. The van der Waals surface area contributed by atoms with Gasteiger partial charge in [0.2, 0.25) is 0 Å². The van der Waals surface area contributed by atoms with Gasteiger partial charge in [-0.3, -0.25) is 5.32 Å². The van der Waals surface area contributed by atoms with Crippen LogP contribution in [0.15, 0.2) is 0 Å². The molecule has 1 saturated heterocycles. The molecule has 0 aromatic heterocycles. The fourth-order valence-electron chi connectivity index (χ4n) is 3.90. The molecule has 0 bridgehead atoms. The van der Waals surface area contributed by atoms with Crippen molar-refractivity contribution in [3.63, 3.8) is 0 Å². The molecule has 1 N–H and O–H groups in total. The second kappa shape index (κ2) is 8.12. The summed E-state index contributed by atoms with van der Waals surface area (Å²) in [4.78, 5) is 5.03. The highest BCUT2D eigenvalue weighted by atomic mass is 15.2. The molecule has 1 saturated carbocycles. The minimum absolute atomic E-state index is 0.237. The van der Waals surface area contributed by atoms with E-state index in [1.54, 1.807) is 0 Å². The summed E-state index contributed by atoms with van der Waals surface area (Å²) in [7, 11) is 2.22. The minimum atomic E-state index is -0.237. The van der Waals surface area contributed by atoms with Crippen molar-refractivity contribution in [2.24, 2.45) is 5.92 Å². The lowest BCUT2D eigenvalue weighted by Crippen LogP contribution is -2.48. The first kappa shape index (κ1) is 16.7. The first-order valence-electron chi connectivity index (χ1n) is 8.77. The number of rotatable bonds is 6. The number of nitrogens with one attached hydrogen (secondary N) is 1. The predicted molar refractivity (Wildman–Crippen MR) is 87.1 cm³/mol. The number of hydrogen-bond acceptors (Lipinski definition) is 4. The van der Waals surface area contributed by atoms with Gasteiger partial charge < -0.3 is 9.80 Å². The van der Waals surface area contributed by atoms with E-state index >= 15 is 0 Å². The van der Waals surface area contributed by atoms with E-state index in [2.05, 4.69) is 35.2 Å². The van der Waals surface area contributed by atoms with Crippen LogP contribution in [-0.2, 0) is 0 Å². The van der Waals surface area contributed by atoms with Crippen molar-refractivity contribution in [1.29, 1.82) is 5.26 Å². The summed E-state index contributed by atoms with van der Waals surface area (Å²) in [6, 6.07) is 2.63. The van der Waals surface area contributed by atoms with E-state index in [0.29, 0.717) is 5.92 Å². The number of hydrogen-bond donors (Lipinski definition) is 1. The molecule has 1 aliphatic carbocycles. The Balaban J connectivity index is 1.84. The summed E-state index contributed by atoms with van der Waals surface area (Å²) in [6.07, 6.45) is 7.02. The average molecular weight is 292 g/mol. The van der Waals surface area contributed by atoms with E-state index in [-0.39, 0.29) is 5.54 Å². The van der Waals surface area contributed by atoms with Crippen molar-refractivity contribution in [1.82, 2.24) is 15.1 Å². The smallest absolute Gasteiger partial charge is 0.109 e. The molecule has 0 aromatic rings. The third-order valence-corrected chi connectivity index (χ3v) is 5.32. The van der Waals surface area contributed by atoms with Gasteiger partial charge in [0.1, 0.15) is 5.54 Å². The van der Waals surface area contributed by atoms with E-state index in [4.69, 9.17) is 0 Å². The number of likely N-dealkylation sites (N-methyl/N-ethyl adjacent to an activating group) is 1. The lowest BCUT2D eigenvalue weighted by Gasteiger charge is -2.31. The van der Waals surface area contributed by atoms with Gasteiger partial charge in [0.25, 0.3) is 0 Å². The van der Waals surface area contributed by atoms with Crippen molar-refractivity contribution in [3.8, 4) is 6.07 Å². The summed E-state index contributed by atoms with van der Waals surface area (Å²) in [5.41, 5.74) is -0.237. The van der Waals surface area contributed by atoms with Crippen molar-refractivity contribution in [2.75, 3.05) is 46.3 Å². The zero-order chi connectivity index (χ0) is 15.1. The van der Waals surface area contributed by atoms with Gasteiger partial charge in [0, 0.05) is 13.1 Å². The summed E-state index contributed by atoms with van der Waals surface area (Å²) in [5, 5.41) is 13.3. The van der Waals surface area contributed by atoms with Crippen LogP contribution in [0.2, 0.25) is 0 Å². The van der Waals surface area contributed by atoms with Crippen LogP contribution in [-0.4, -0.2) is 61.7 Å². The third-order valence-electron chi connectivity index (χ3n) is 5.32. The molecule has 120 valence electrons. The van der Waals surface area contributed by atoms with E-state index < -0.39 is 0 Å². The topological polar surface area (TPSA) is 42.3 Å². The molecule has 2 atom stereocenters. The van der Waals surface area contributed by atoms with Crippen LogP contribution in [0.4, 0.5) is 0 Å². The maximum Gasteiger partial charge on any atom is 0.109 e. The molecule has 0 radical (unpaired) electrons. The monoisotopic (exact) mass is 292 g/mol. The molecular formula is C17H32N4. The minimum Gasteiger partial charge on any atom is -0.305 e. The Kier molecular flexibility index (Phi) is 6.47. The van der Waals surface area contributed by atoms with Crippen LogP contribution in [0.3, 0.4) is 0 Å². The van der Waals surface area contributed by atoms with E-state index in [1.807, 2.05) is 0 Å². The van der Waals surface area contributed by atoms with Crippen LogP contribution < -0.4 is 5.32 Å². The molecule has 4 nitrogen and oxygen atoms in total. The van der Waals surface area contributed by atoms with Gasteiger partial charge in [-0.1, -0.05) is 13.3 Å². The quantitative estimate of drug-likeness (QED) is 0.814. The summed E-state index contributed by atoms with van der Waals surface area (Å²) >= 11 is 0. The second-order valence-electron chi connectivity index (χ2n) is 6.89. The Labute approximate surface area is 130 Å². The maximum absolute atomic E-state index is 9.70. The lowest BCUT2D eigenvalue weighted by atomic mass is 9.85. The Morgan fingerprint density at radius 2 is 2.10 bits per heavy atom. The van der Waals surface area contributed by atoms with Gasteiger partial charge >= 0.3 is 0 Å². The molecule has 2 aliphatic rings. The highest BCUT2D eigenvalue weighted by Crippen LogP contribution is 2.37. The van der Waals surface area contributed by atoms with Crippen LogP contribution >= 0.6 is 0 Å². The summed E-state index contributed by atoms with van der Waals surface area (Å²) < 4.78 is 0. The van der Waals surface area contributed by atoms with Gasteiger partial charge in [-0.25, -0.2) is 0 Å². The first-order chi connectivity index (χ1) is 10.2. The first-order valence-corrected chi connectivity index (χ1v) is 8.77. The molecule has 0 spiro atoms. The van der Waals surface area contributed by atoms with Crippen LogP contribution in [0.5, 0.6) is 0 Å². The zero-order valence-electron chi connectivity index (χ0n) is 13.9. The molecule has 1 aliphatic heterocycles. The Bertz CT molecular complexity index is 351. The van der Waals surface area contributed by atoms with Crippen molar-refractivity contribution in [3.05, 3.63) is 0 Å². The Morgan fingerprint density at radius 3 is 2.86 bits per heavy atom. The van der Waals surface area contributed by atoms with E-state index in [1.165, 1.54) is 51.9 Å². The molecule has 2 unspecified atom stereocenters. The molecular weight excluding hydrogens is 260 g/mol. The second-order valence-corrected chi connectivity index (χ2v) is 6.89. The van der Waals surface area contributed by atoms with Gasteiger partial charge in [-0.05, 0) is 71.2 Å². The van der Waals surface area contributed by atoms with E-state index in [9.17, 15) is 5.26 Å². The fourth-order valence-corrected chi connectivity index (χ4v) is 3.90. The van der Waals surface area contributed by atoms with Crippen molar-refractivity contribution in [2.45, 2.75) is 51.0 Å². The SMILES string of the molecule is CCCNC1(C#N)CCCC1CCN1CCCN(C)CC1. The Morgan fingerprint density at radius 1 is 1.24 bits per heavy atom. The highest BCUT2D eigenvalue weighted by molar-refractivity contribution is 5.14.